The van der Waals surface area contributed by atoms with Crippen molar-refractivity contribution in [2.75, 3.05) is 46.2 Å². The molecule has 1 aromatic carbocycles. The van der Waals surface area contributed by atoms with Gasteiger partial charge in [0.25, 0.3) is 5.56 Å². The van der Waals surface area contributed by atoms with E-state index in [1.54, 1.807) is 14.2 Å². The third-order valence-corrected chi connectivity index (χ3v) is 4.81. The summed E-state index contributed by atoms with van der Waals surface area (Å²) in [5.41, 5.74) is 1.26. The van der Waals surface area contributed by atoms with E-state index in [1.165, 1.54) is 18.7 Å². The number of methoxy groups -OCH3 is 2. The summed E-state index contributed by atoms with van der Waals surface area (Å²) in [7, 11) is 5.35. The maximum Gasteiger partial charge on any atom is 0.328 e. The first-order chi connectivity index (χ1) is 16.2. The standard InChI is InChI=1S/C18H25ClN4O3.C5H6O3/c1-23(9-4-8-20-17-14(19)12-21-22-18(17)24)10-7-13-5-6-15(25-2)16(11-13)26-3;1-4(6)2-3-5(7)8/h5-6,11-12H,4,7-10H2,1-3H3,(H,20,21)(H,22,24);2-3H,1H3,(H,7,8)/b;3-2+. The largest absolute Gasteiger partial charge is 0.493 e. The molecule has 2 rings (SSSR count). The Kier molecular flexibility index (Phi) is 13.0. The fourth-order valence-electron chi connectivity index (χ4n) is 2.76. The second-order valence-corrected chi connectivity index (χ2v) is 7.63. The van der Waals surface area contributed by atoms with E-state index < -0.39 is 5.97 Å². The van der Waals surface area contributed by atoms with E-state index in [9.17, 15) is 14.4 Å². The highest BCUT2D eigenvalue weighted by molar-refractivity contribution is 6.32. The average Bonchev–Trinajstić information content (AvgIpc) is 2.80. The third kappa shape index (κ3) is 11.0. The number of benzene rings is 1. The molecule has 10 nitrogen and oxygen atoms in total. The minimum atomic E-state index is -1.10. The van der Waals surface area contributed by atoms with Gasteiger partial charge in [0.2, 0.25) is 0 Å². The zero-order valence-electron chi connectivity index (χ0n) is 19.8. The molecule has 0 bridgehead atoms. The van der Waals surface area contributed by atoms with Crippen LogP contribution in [-0.2, 0) is 16.0 Å². The number of halogens is 1. The molecule has 0 saturated carbocycles. The number of hydrogen-bond acceptors (Lipinski definition) is 8. The molecule has 2 aromatic rings. The number of likely N-dealkylation sites (N-methyl/N-ethyl adjacent to an activating group) is 1. The summed E-state index contributed by atoms with van der Waals surface area (Å²) in [5.74, 6) is 0.129. The Morgan fingerprint density at radius 3 is 2.47 bits per heavy atom. The number of allylic oxidation sites excluding steroid dienone is 1. The van der Waals surface area contributed by atoms with E-state index >= 15 is 0 Å². The van der Waals surface area contributed by atoms with Gasteiger partial charge in [-0.2, -0.15) is 5.10 Å². The molecule has 0 amide bonds. The van der Waals surface area contributed by atoms with Gasteiger partial charge in [-0.3, -0.25) is 9.59 Å². The Bertz CT molecular complexity index is 1010. The first-order valence-corrected chi connectivity index (χ1v) is 10.8. The van der Waals surface area contributed by atoms with E-state index in [2.05, 4.69) is 33.5 Å². The summed E-state index contributed by atoms with van der Waals surface area (Å²) in [6, 6.07) is 5.98. The molecule has 11 heteroatoms. The van der Waals surface area contributed by atoms with Crippen molar-refractivity contribution in [3.8, 4) is 11.5 Å². The SMILES string of the molecule is CC(=O)/C=C/C(=O)O.COc1ccc(CCN(C)CCCNc2c(Cl)cn[nH]c2=O)cc1OC. The zero-order chi connectivity index (χ0) is 25.5. The van der Waals surface area contributed by atoms with Crippen molar-refractivity contribution in [3.05, 3.63) is 57.5 Å². The van der Waals surface area contributed by atoms with E-state index in [1.807, 2.05) is 12.1 Å². The number of aromatic nitrogens is 2. The van der Waals surface area contributed by atoms with Gasteiger partial charge < -0.3 is 24.8 Å². The minimum absolute atomic E-state index is 0.257. The molecule has 0 atom stereocenters. The maximum absolute atomic E-state index is 11.6. The number of nitrogens with one attached hydrogen (secondary N) is 2. The summed E-state index contributed by atoms with van der Waals surface area (Å²) in [4.78, 5) is 33.5. The maximum atomic E-state index is 11.6. The Balaban J connectivity index is 0.000000620. The highest BCUT2D eigenvalue weighted by atomic mass is 35.5. The fraction of sp³-hybridized carbons (Fsp3) is 0.391. The molecular weight excluding hydrogens is 464 g/mol. The second kappa shape index (κ2) is 15.5. The van der Waals surface area contributed by atoms with Gasteiger partial charge in [0.05, 0.1) is 25.4 Å². The molecule has 0 aliphatic heterocycles. The van der Waals surface area contributed by atoms with Gasteiger partial charge in [-0.15, -0.1) is 0 Å². The van der Waals surface area contributed by atoms with Crippen LogP contribution in [0.25, 0.3) is 0 Å². The Morgan fingerprint density at radius 2 is 1.91 bits per heavy atom. The average molecular weight is 495 g/mol. The van der Waals surface area contributed by atoms with Gasteiger partial charge in [-0.25, -0.2) is 9.89 Å². The lowest BCUT2D eigenvalue weighted by Gasteiger charge is -2.17. The van der Waals surface area contributed by atoms with Crippen LogP contribution in [0.2, 0.25) is 5.02 Å². The van der Waals surface area contributed by atoms with Crippen molar-refractivity contribution >= 4 is 29.0 Å². The van der Waals surface area contributed by atoms with E-state index in [0.29, 0.717) is 17.3 Å². The lowest BCUT2D eigenvalue weighted by molar-refractivity contribution is -0.131. The topological polar surface area (TPSA) is 134 Å². The number of aromatic amines is 1. The van der Waals surface area contributed by atoms with Gasteiger partial charge in [0.15, 0.2) is 17.3 Å². The highest BCUT2D eigenvalue weighted by Gasteiger charge is 2.07. The number of carboxylic acids is 1. The smallest absolute Gasteiger partial charge is 0.328 e. The summed E-state index contributed by atoms with van der Waals surface area (Å²) in [6.45, 7) is 3.78. The van der Waals surface area contributed by atoms with Crippen LogP contribution in [0.5, 0.6) is 11.5 Å². The van der Waals surface area contributed by atoms with Crippen LogP contribution in [0.3, 0.4) is 0 Å². The molecule has 0 aliphatic rings. The molecule has 0 spiro atoms. The number of carbonyl (C=O) groups is 2. The number of ether oxygens (including phenoxy) is 2. The zero-order valence-corrected chi connectivity index (χ0v) is 20.5. The van der Waals surface area contributed by atoms with Gasteiger partial charge in [-0.1, -0.05) is 17.7 Å². The summed E-state index contributed by atoms with van der Waals surface area (Å²) in [5, 5.41) is 17.3. The van der Waals surface area contributed by atoms with Crippen LogP contribution < -0.4 is 20.3 Å². The predicted octanol–water partition coefficient (Wildman–Crippen LogP) is 2.63. The molecule has 0 saturated heterocycles. The quantitative estimate of drug-likeness (QED) is 0.300. The van der Waals surface area contributed by atoms with Crippen LogP contribution in [0.15, 0.2) is 41.3 Å². The van der Waals surface area contributed by atoms with Crippen LogP contribution in [0, 0.1) is 0 Å². The minimum Gasteiger partial charge on any atom is -0.493 e. The molecule has 0 radical (unpaired) electrons. The van der Waals surface area contributed by atoms with Gasteiger partial charge >= 0.3 is 5.97 Å². The van der Waals surface area contributed by atoms with Crippen molar-refractivity contribution in [1.82, 2.24) is 15.1 Å². The van der Waals surface area contributed by atoms with E-state index in [0.717, 1.165) is 49.6 Å². The summed E-state index contributed by atoms with van der Waals surface area (Å²) < 4.78 is 10.6. The van der Waals surface area contributed by atoms with Crippen molar-refractivity contribution in [2.45, 2.75) is 19.8 Å². The lowest BCUT2D eigenvalue weighted by Crippen LogP contribution is -2.25. The third-order valence-electron chi connectivity index (χ3n) is 4.52. The molecule has 0 unspecified atom stereocenters. The van der Waals surface area contributed by atoms with Crippen molar-refractivity contribution in [1.29, 1.82) is 0 Å². The van der Waals surface area contributed by atoms with Gasteiger partial charge in [0, 0.05) is 19.2 Å². The number of hydrogen-bond donors (Lipinski definition) is 3. The number of H-pyrrole nitrogens is 1. The predicted molar refractivity (Wildman–Crippen MR) is 131 cm³/mol. The number of nitrogens with zero attached hydrogens (tertiary/aromatic N) is 2. The highest BCUT2D eigenvalue weighted by Crippen LogP contribution is 2.27. The number of rotatable bonds is 12. The van der Waals surface area contributed by atoms with Crippen molar-refractivity contribution in [3.63, 3.8) is 0 Å². The lowest BCUT2D eigenvalue weighted by atomic mass is 10.1. The Hall–Kier alpha value is -3.37. The first-order valence-electron chi connectivity index (χ1n) is 10.5. The monoisotopic (exact) mass is 494 g/mol. The number of aliphatic carboxylic acids is 1. The number of carboxylic acid groups (broad SMARTS) is 1. The summed E-state index contributed by atoms with van der Waals surface area (Å²) in [6.07, 6.45) is 5.03. The van der Waals surface area contributed by atoms with Crippen LogP contribution in [0.1, 0.15) is 18.9 Å². The molecule has 0 fully saturated rings. The van der Waals surface area contributed by atoms with Crippen LogP contribution in [0.4, 0.5) is 5.69 Å². The van der Waals surface area contributed by atoms with E-state index in [-0.39, 0.29) is 11.3 Å². The van der Waals surface area contributed by atoms with Crippen LogP contribution in [-0.4, -0.2) is 72.9 Å². The van der Waals surface area contributed by atoms with E-state index in [4.69, 9.17) is 26.2 Å². The molecule has 0 aliphatic carbocycles. The van der Waals surface area contributed by atoms with Gasteiger partial charge in [-0.05, 0) is 57.1 Å². The van der Waals surface area contributed by atoms with Crippen molar-refractivity contribution in [2.24, 2.45) is 0 Å². The second-order valence-electron chi connectivity index (χ2n) is 7.23. The number of ketones is 1. The first kappa shape index (κ1) is 28.7. The normalized spacial score (nSPS) is 10.5. The number of anilines is 1. The molecular formula is C23H31ClN4O6. The van der Waals surface area contributed by atoms with Crippen molar-refractivity contribution < 1.29 is 24.2 Å². The molecule has 1 heterocycles. The molecule has 1 aromatic heterocycles. The molecule has 3 N–H and O–H groups in total. The Labute approximate surface area is 203 Å². The van der Waals surface area contributed by atoms with Gasteiger partial charge in [0.1, 0.15) is 5.69 Å². The summed E-state index contributed by atoms with van der Waals surface area (Å²) >= 11 is 5.96. The van der Waals surface area contributed by atoms with Crippen LogP contribution >= 0.6 is 11.6 Å². The number of carbonyl (C=O) groups excluding carboxylic acids is 1. The molecule has 34 heavy (non-hydrogen) atoms. The fourth-order valence-corrected chi connectivity index (χ4v) is 2.96. The Morgan fingerprint density at radius 1 is 1.21 bits per heavy atom. The molecule has 186 valence electrons.